The van der Waals surface area contributed by atoms with Gasteiger partial charge in [-0.15, -0.1) is 0 Å². The van der Waals surface area contributed by atoms with Crippen LogP contribution in [0.1, 0.15) is 47.8 Å². The van der Waals surface area contributed by atoms with E-state index in [0.29, 0.717) is 5.92 Å². The zero-order valence-corrected chi connectivity index (χ0v) is 14.7. The summed E-state index contributed by atoms with van der Waals surface area (Å²) in [4.78, 5) is 14.3. The molecule has 0 bridgehead atoms. The quantitative estimate of drug-likeness (QED) is 0.928. The molecule has 4 rings (SSSR count). The van der Waals surface area contributed by atoms with E-state index in [4.69, 9.17) is 5.26 Å². The molecular formula is C19H23N5O. The lowest BCUT2D eigenvalue weighted by atomic mass is 9.94. The van der Waals surface area contributed by atoms with Crippen molar-refractivity contribution in [2.24, 2.45) is 18.9 Å². The molecule has 130 valence electrons. The van der Waals surface area contributed by atoms with Crippen LogP contribution in [0.4, 0.5) is 0 Å². The zero-order valence-electron chi connectivity index (χ0n) is 14.7. The van der Waals surface area contributed by atoms with E-state index in [-0.39, 0.29) is 11.7 Å². The van der Waals surface area contributed by atoms with E-state index >= 15 is 0 Å². The number of H-pyrrole nitrogens is 1. The highest BCUT2D eigenvalue weighted by atomic mass is 16.1. The average molecular weight is 337 g/mol. The summed E-state index contributed by atoms with van der Waals surface area (Å²) >= 11 is 0. The van der Waals surface area contributed by atoms with E-state index in [9.17, 15) is 4.79 Å². The molecule has 6 nitrogen and oxygen atoms in total. The summed E-state index contributed by atoms with van der Waals surface area (Å²) < 4.78 is 1.66. The lowest BCUT2D eigenvalue weighted by Crippen LogP contribution is -2.29. The summed E-state index contributed by atoms with van der Waals surface area (Å²) in [7, 11) is 1.80. The molecule has 2 aromatic rings. The molecule has 0 radical (unpaired) electrons. The highest BCUT2D eigenvalue weighted by Gasteiger charge is 2.45. The van der Waals surface area contributed by atoms with Crippen molar-refractivity contribution in [3.05, 3.63) is 51.2 Å². The smallest absolute Gasteiger partial charge is 0.289 e. The Morgan fingerprint density at radius 3 is 2.76 bits per heavy atom. The molecule has 2 atom stereocenters. The number of aromatic amines is 1. The van der Waals surface area contributed by atoms with Gasteiger partial charge in [0.15, 0.2) is 5.82 Å². The van der Waals surface area contributed by atoms with E-state index in [1.54, 1.807) is 11.6 Å². The van der Waals surface area contributed by atoms with Gasteiger partial charge in [-0.3, -0.25) is 9.47 Å². The lowest BCUT2D eigenvalue weighted by molar-refractivity contribution is 0.197. The molecule has 1 aromatic carbocycles. The molecule has 0 spiro atoms. The van der Waals surface area contributed by atoms with Crippen LogP contribution >= 0.6 is 0 Å². The van der Waals surface area contributed by atoms with Crippen molar-refractivity contribution >= 4 is 0 Å². The Morgan fingerprint density at radius 2 is 2.16 bits per heavy atom. The van der Waals surface area contributed by atoms with Gasteiger partial charge in [0.05, 0.1) is 17.7 Å². The van der Waals surface area contributed by atoms with Crippen LogP contribution in [0.25, 0.3) is 0 Å². The van der Waals surface area contributed by atoms with Gasteiger partial charge in [0.1, 0.15) is 0 Å². The second-order valence-corrected chi connectivity index (χ2v) is 7.41. The standard InChI is InChI=1S/C19H23N5O/c1-12-9-13(3-4-15(12)10-20)11-24-8-7-16(14-5-6-14)17(24)18-21-22-19(25)23(18)2/h3-4,9,14,16-17H,5-8,11H2,1-2H3,(H,22,25). The van der Waals surface area contributed by atoms with Gasteiger partial charge in [0.25, 0.3) is 0 Å². The maximum absolute atomic E-state index is 11.9. The molecular weight excluding hydrogens is 314 g/mol. The molecule has 1 N–H and O–H groups in total. The van der Waals surface area contributed by atoms with Crippen molar-refractivity contribution in [2.75, 3.05) is 6.54 Å². The molecule has 2 unspecified atom stereocenters. The number of likely N-dealkylation sites (tertiary alicyclic amines) is 1. The molecule has 2 fully saturated rings. The van der Waals surface area contributed by atoms with Gasteiger partial charge in [0.2, 0.25) is 0 Å². The molecule has 1 aromatic heterocycles. The number of aromatic nitrogens is 3. The average Bonchev–Trinajstić information content (AvgIpc) is 3.29. The Bertz CT molecular complexity index is 886. The highest BCUT2D eigenvalue weighted by molar-refractivity contribution is 5.39. The van der Waals surface area contributed by atoms with E-state index in [1.165, 1.54) is 18.4 Å². The summed E-state index contributed by atoms with van der Waals surface area (Å²) in [6, 6.07) is 8.45. The molecule has 0 amide bonds. The van der Waals surface area contributed by atoms with Gasteiger partial charge in [0, 0.05) is 13.6 Å². The maximum atomic E-state index is 11.9. The molecule has 1 saturated carbocycles. The second-order valence-electron chi connectivity index (χ2n) is 7.41. The molecule has 2 heterocycles. The van der Waals surface area contributed by atoms with Crippen LogP contribution in [0.2, 0.25) is 0 Å². The first-order valence-corrected chi connectivity index (χ1v) is 8.93. The first-order valence-electron chi connectivity index (χ1n) is 8.93. The maximum Gasteiger partial charge on any atom is 0.343 e. The van der Waals surface area contributed by atoms with Crippen molar-refractivity contribution in [1.82, 2.24) is 19.7 Å². The SMILES string of the molecule is Cc1cc(CN2CCC(C3CC3)C2c2n[nH]c(=O)n2C)ccc1C#N. The Balaban J connectivity index is 1.63. The highest BCUT2D eigenvalue weighted by Crippen LogP contribution is 2.50. The van der Waals surface area contributed by atoms with E-state index in [2.05, 4.69) is 27.2 Å². The van der Waals surface area contributed by atoms with E-state index in [1.807, 2.05) is 19.1 Å². The minimum atomic E-state index is -0.148. The summed E-state index contributed by atoms with van der Waals surface area (Å²) in [5.41, 5.74) is 2.80. The predicted octanol–water partition coefficient (Wildman–Crippen LogP) is 2.26. The fourth-order valence-electron chi connectivity index (χ4n) is 4.24. The molecule has 25 heavy (non-hydrogen) atoms. The number of benzene rings is 1. The van der Waals surface area contributed by atoms with Crippen LogP contribution in [-0.2, 0) is 13.6 Å². The van der Waals surface area contributed by atoms with Crippen LogP contribution in [-0.4, -0.2) is 26.2 Å². The van der Waals surface area contributed by atoms with Crippen LogP contribution < -0.4 is 5.69 Å². The molecule has 2 aliphatic rings. The van der Waals surface area contributed by atoms with E-state index in [0.717, 1.165) is 42.4 Å². The zero-order chi connectivity index (χ0) is 17.6. The van der Waals surface area contributed by atoms with Crippen molar-refractivity contribution in [3.8, 4) is 6.07 Å². The predicted molar refractivity (Wildman–Crippen MR) is 93.7 cm³/mol. The Hall–Kier alpha value is -2.39. The minimum absolute atomic E-state index is 0.148. The first kappa shape index (κ1) is 16.1. The minimum Gasteiger partial charge on any atom is -0.289 e. The van der Waals surface area contributed by atoms with Gasteiger partial charge < -0.3 is 0 Å². The number of hydrogen-bond acceptors (Lipinski definition) is 4. The van der Waals surface area contributed by atoms with Crippen LogP contribution in [0.15, 0.2) is 23.0 Å². The number of nitriles is 1. The van der Waals surface area contributed by atoms with E-state index < -0.39 is 0 Å². The van der Waals surface area contributed by atoms with Crippen LogP contribution in [0, 0.1) is 30.1 Å². The summed E-state index contributed by atoms with van der Waals surface area (Å²) in [5, 5.41) is 16.0. The molecule has 1 aliphatic heterocycles. The van der Waals surface area contributed by atoms with Crippen molar-refractivity contribution in [2.45, 2.75) is 38.8 Å². The lowest BCUT2D eigenvalue weighted by Gasteiger charge is -2.27. The number of aryl methyl sites for hydroxylation is 1. The van der Waals surface area contributed by atoms with Gasteiger partial charge in [-0.2, -0.15) is 10.4 Å². The molecule has 6 heteroatoms. The first-order chi connectivity index (χ1) is 12.1. The van der Waals surface area contributed by atoms with Gasteiger partial charge in [-0.25, -0.2) is 9.89 Å². The third-order valence-electron chi connectivity index (χ3n) is 5.75. The number of hydrogen-bond donors (Lipinski definition) is 1. The summed E-state index contributed by atoms with van der Waals surface area (Å²) in [6.07, 6.45) is 3.75. The Labute approximate surface area is 147 Å². The molecule has 1 aliphatic carbocycles. The fourth-order valence-corrected chi connectivity index (χ4v) is 4.24. The summed E-state index contributed by atoms with van der Waals surface area (Å²) in [5.74, 6) is 2.20. The largest absolute Gasteiger partial charge is 0.343 e. The van der Waals surface area contributed by atoms with Gasteiger partial charge >= 0.3 is 5.69 Å². The van der Waals surface area contributed by atoms with Crippen LogP contribution in [0.3, 0.4) is 0 Å². The van der Waals surface area contributed by atoms with Crippen molar-refractivity contribution in [1.29, 1.82) is 5.26 Å². The second kappa shape index (κ2) is 6.16. The number of rotatable bonds is 4. The third kappa shape index (κ3) is 2.89. The van der Waals surface area contributed by atoms with Crippen molar-refractivity contribution < 1.29 is 0 Å². The Morgan fingerprint density at radius 1 is 1.36 bits per heavy atom. The topological polar surface area (TPSA) is 77.7 Å². The fraction of sp³-hybridized carbons (Fsp3) is 0.526. The Kier molecular flexibility index (Phi) is 3.97. The van der Waals surface area contributed by atoms with Crippen molar-refractivity contribution in [3.63, 3.8) is 0 Å². The molecule has 1 saturated heterocycles. The monoisotopic (exact) mass is 337 g/mol. The third-order valence-corrected chi connectivity index (χ3v) is 5.75. The normalized spacial score (nSPS) is 23.7. The van der Waals surface area contributed by atoms with Gasteiger partial charge in [-0.1, -0.05) is 12.1 Å². The number of nitrogens with one attached hydrogen (secondary N) is 1. The number of nitrogens with zero attached hydrogens (tertiary/aromatic N) is 4. The van der Waals surface area contributed by atoms with Crippen LogP contribution in [0.5, 0.6) is 0 Å². The summed E-state index contributed by atoms with van der Waals surface area (Å²) in [6.45, 7) is 3.82. The van der Waals surface area contributed by atoms with Gasteiger partial charge in [-0.05, 0) is 61.8 Å².